The molecule has 0 atom stereocenters. The molecule has 9 heteroatoms. The van der Waals surface area contributed by atoms with Crippen molar-refractivity contribution in [2.24, 2.45) is 5.73 Å². The Morgan fingerprint density at radius 1 is 1.39 bits per heavy atom. The van der Waals surface area contributed by atoms with Gasteiger partial charge in [-0.25, -0.2) is 4.73 Å². The highest BCUT2D eigenvalue weighted by atomic mass is 16.5. The Bertz CT molecular complexity index is 812. The van der Waals surface area contributed by atoms with E-state index in [4.69, 9.17) is 5.73 Å². The number of aromatic nitrogens is 2. The Balaban J connectivity index is 2.71. The van der Waals surface area contributed by atoms with Crippen molar-refractivity contribution in [2.75, 3.05) is 32.5 Å². The summed E-state index contributed by atoms with van der Waals surface area (Å²) in [5.41, 5.74) is 4.56. The van der Waals surface area contributed by atoms with Crippen LogP contribution in [0.3, 0.4) is 0 Å². The number of nitrogens with zero attached hydrogens (tertiary/aromatic N) is 4. The topological polar surface area (TPSA) is 136 Å². The predicted molar refractivity (Wildman–Crippen MR) is 82.1 cm³/mol. The zero-order chi connectivity index (χ0) is 17.1. The fraction of sp³-hybridized carbons (Fsp3) is 0.286. The van der Waals surface area contributed by atoms with Crippen LogP contribution in [0.5, 0.6) is 0 Å². The van der Waals surface area contributed by atoms with Crippen molar-refractivity contribution in [3.63, 3.8) is 0 Å². The first-order valence-corrected chi connectivity index (χ1v) is 6.78. The second kappa shape index (κ2) is 6.33. The Morgan fingerprint density at radius 2 is 2.09 bits per heavy atom. The molecule has 1 amide bonds. The van der Waals surface area contributed by atoms with Gasteiger partial charge in [0.05, 0.1) is 12.1 Å². The van der Waals surface area contributed by atoms with Gasteiger partial charge in [0.2, 0.25) is 5.52 Å². The van der Waals surface area contributed by atoms with E-state index in [1.165, 1.54) is 18.2 Å². The van der Waals surface area contributed by atoms with Crippen LogP contribution in [0.4, 0.5) is 5.82 Å². The average molecular weight is 316 g/mol. The molecule has 0 saturated carbocycles. The number of carbonyl (C=O) groups is 1. The number of primary amides is 1. The number of nitrogens with one attached hydrogen (secondary N) is 1. The van der Waals surface area contributed by atoms with Crippen molar-refractivity contribution in [3.05, 3.63) is 39.9 Å². The summed E-state index contributed by atoms with van der Waals surface area (Å²) in [5, 5.41) is 36.9. The average Bonchev–Trinajstić information content (AvgIpc) is 2.51. The Kier molecular flexibility index (Phi) is 4.47. The monoisotopic (exact) mass is 316 g/mol. The lowest BCUT2D eigenvalue weighted by Crippen LogP contribution is -2.45. The molecule has 0 aliphatic heterocycles. The second-order valence-corrected chi connectivity index (χ2v) is 5.17. The zero-order valence-corrected chi connectivity index (χ0v) is 12.7. The third-order valence-corrected chi connectivity index (χ3v) is 3.29. The predicted octanol–water partition coefficient (Wildman–Crippen LogP) is -0.949. The van der Waals surface area contributed by atoms with Gasteiger partial charge in [0.1, 0.15) is 0 Å². The lowest BCUT2D eigenvalue weighted by molar-refractivity contribution is -0.620. The van der Waals surface area contributed by atoms with Gasteiger partial charge in [0.15, 0.2) is 6.07 Å². The number of hydrogen-bond acceptors (Lipinski definition) is 6. The van der Waals surface area contributed by atoms with E-state index < -0.39 is 5.91 Å². The first-order valence-electron chi connectivity index (χ1n) is 6.78. The number of anilines is 1. The molecule has 2 rings (SSSR count). The Labute approximate surface area is 132 Å². The van der Waals surface area contributed by atoms with Gasteiger partial charge in [-0.3, -0.25) is 10.1 Å². The van der Waals surface area contributed by atoms with Crippen LogP contribution in [0.1, 0.15) is 16.1 Å². The molecule has 1 aromatic carbocycles. The lowest BCUT2D eigenvalue weighted by Gasteiger charge is -2.15. The summed E-state index contributed by atoms with van der Waals surface area (Å²) in [6.07, 6.45) is 0. The lowest BCUT2D eigenvalue weighted by atomic mass is 10.1. The van der Waals surface area contributed by atoms with E-state index in [1.54, 1.807) is 6.07 Å². The van der Waals surface area contributed by atoms with Crippen LogP contribution >= 0.6 is 0 Å². The maximum Gasteiger partial charge on any atom is 0.385 e. The van der Waals surface area contributed by atoms with E-state index in [-0.39, 0.29) is 28.1 Å². The highest BCUT2D eigenvalue weighted by Crippen LogP contribution is 2.16. The summed E-state index contributed by atoms with van der Waals surface area (Å²) >= 11 is 0. The fourth-order valence-corrected chi connectivity index (χ4v) is 2.18. The molecular formula is C14H16N6O3. The van der Waals surface area contributed by atoms with Crippen molar-refractivity contribution < 1.29 is 14.3 Å². The number of nitriles is 1. The maximum atomic E-state index is 12.6. The molecule has 2 aromatic rings. The van der Waals surface area contributed by atoms with Gasteiger partial charge in [0.25, 0.3) is 11.4 Å². The third-order valence-electron chi connectivity index (χ3n) is 3.29. The van der Waals surface area contributed by atoms with Crippen molar-refractivity contribution in [2.45, 2.75) is 0 Å². The smallest absolute Gasteiger partial charge is 0.385 e. The molecule has 0 aliphatic carbocycles. The number of nitrogens with two attached hydrogens (primary N) is 1. The van der Waals surface area contributed by atoms with Gasteiger partial charge in [-0.2, -0.15) is 5.26 Å². The Morgan fingerprint density at radius 3 is 2.65 bits per heavy atom. The number of hydrogen-bond donors (Lipinski definition) is 2. The second-order valence-electron chi connectivity index (χ2n) is 5.17. The van der Waals surface area contributed by atoms with Crippen molar-refractivity contribution in [1.82, 2.24) is 4.90 Å². The minimum atomic E-state index is -0.829. The Hall–Kier alpha value is -3.12. The normalized spacial score (nSPS) is 10.7. The maximum absolute atomic E-state index is 12.6. The van der Waals surface area contributed by atoms with E-state index >= 15 is 0 Å². The van der Waals surface area contributed by atoms with Crippen LogP contribution in [-0.2, 0) is 0 Å². The molecule has 0 unspecified atom stereocenters. The molecule has 0 radical (unpaired) electrons. The van der Waals surface area contributed by atoms with E-state index in [0.717, 1.165) is 0 Å². The first kappa shape index (κ1) is 16.3. The summed E-state index contributed by atoms with van der Waals surface area (Å²) in [6, 6.07) is 5.86. The van der Waals surface area contributed by atoms with Crippen LogP contribution in [0.2, 0.25) is 0 Å². The van der Waals surface area contributed by atoms with E-state index in [2.05, 4.69) is 5.32 Å². The highest BCUT2D eigenvalue weighted by molar-refractivity contribution is 6.02. The van der Waals surface area contributed by atoms with Gasteiger partial charge in [-0.1, -0.05) is 6.07 Å². The van der Waals surface area contributed by atoms with Gasteiger partial charge in [0, 0.05) is 12.6 Å². The van der Waals surface area contributed by atoms with Gasteiger partial charge in [-0.15, -0.1) is 4.73 Å². The minimum Gasteiger partial charge on any atom is -0.710 e. The molecule has 0 spiro atoms. The SMILES string of the molecule is CN(C)CCNc1c(C#N)[n+]([O-])c2cccc(C(N)=O)c2[n+]1[O-]. The van der Waals surface area contributed by atoms with Gasteiger partial charge >= 0.3 is 11.5 Å². The standard InChI is InChI=1S/C14H16N6O3/c1-18(2)7-6-17-14-11(8-15)19(22)10-5-3-4-9(13(16)21)12(10)20(14)23/h3-5,17H,6-7H2,1-2H3,(H2,16,21). The van der Waals surface area contributed by atoms with Gasteiger partial charge in [-0.05, 0) is 20.2 Å². The van der Waals surface area contributed by atoms with Crippen molar-refractivity contribution in [1.29, 1.82) is 5.26 Å². The van der Waals surface area contributed by atoms with E-state index in [0.29, 0.717) is 22.6 Å². The molecule has 0 saturated heterocycles. The number of amides is 1. The summed E-state index contributed by atoms with van der Waals surface area (Å²) in [5.74, 6) is -1.03. The van der Waals surface area contributed by atoms with Gasteiger partial charge < -0.3 is 21.0 Å². The number of rotatable bonds is 5. The number of benzene rings is 1. The number of likely N-dealkylation sites (N-methyl/N-ethyl adjacent to an activating group) is 1. The molecule has 3 N–H and O–H groups in total. The quantitative estimate of drug-likeness (QED) is 0.539. The molecule has 0 bridgehead atoms. The molecule has 0 aliphatic rings. The molecule has 1 heterocycles. The molecule has 120 valence electrons. The van der Waals surface area contributed by atoms with E-state index in [9.17, 15) is 20.5 Å². The van der Waals surface area contributed by atoms with Crippen molar-refractivity contribution >= 4 is 22.8 Å². The van der Waals surface area contributed by atoms with E-state index in [1.807, 2.05) is 19.0 Å². The molecular weight excluding hydrogens is 300 g/mol. The summed E-state index contributed by atoms with van der Waals surface area (Å²) in [6.45, 7) is 0.924. The van der Waals surface area contributed by atoms with Crippen LogP contribution < -0.4 is 20.5 Å². The van der Waals surface area contributed by atoms with Crippen LogP contribution in [-0.4, -0.2) is 38.0 Å². The van der Waals surface area contributed by atoms with Crippen LogP contribution in [0, 0.1) is 21.7 Å². The highest BCUT2D eigenvalue weighted by Gasteiger charge is 2.29. The van der Waals surface area contributed by atoms with Crippen molar-refractivity contribution in [3.8, 4) is 6.07 Å². The van der Waals surface area contributed by atoms with Crippen LogP contribution in [0.15, 0.2) is 18.2 Å². The molecule has 9 nitrogen and oxygen atoms in total. The summed E-state index contributed by atoms with van der Waals surface area (Å²) < 4.78 is 0.701. The number of fused-ring (bicyclic) bond motifs is 1. The zero-order valence-electron chi connectivity index (χ0n) is 12.7. The summed E-state index contributed by atoms with van der Waals surface area (Å²) in [4.78, 5) is 13.4. The number of carbonyl (C=O) groups excluding carboxylic acids is 1. The number of para-hydroxylation sites is 1. The largest absolute Gasteiger partial charge is 0.710 e. The summed E-state index contributed by atoms with van der Waals surface area (Å²) in [7, 11) is 3.69. The molecule has 0 fully saturated rings. The van der Waals surface area contributed by atoms with Crippen LogP contribution in [0.25, 0.3) is 11.0 Å². The third kappa shape index (κ3) is 2.93. The molecule has 23 heavy (non-hydrogen) atoms. The first-order chi connectivity index (χ1) is 10.9. The minimum absolute atomic E-state index is 0.0813. The fourth-order valence-electron chi connectivity index (χ4n) is 2.18. The molecule has 1 aromatic heterocycles.